The fourth-order valence-electron chi connectivity index (χ4n) is 1.35. The van der Waals surface area contributed by atoms with Gasteiger partial charge in [0.05, 0.1) is 0 Å². The minimum atomic E-state index is -0.0805. The van der Waals surface area contributed by atoms with Gasteiger partial charge in [-0.15, -0.1) is 0 Å². The molecule has 0 aromatic heterocycles. The van der Waals surface area contributed by atoms with Crippen molar-refractivity contribution in [3.05, 3.63) is 34.9 Å². The molecule has 0 saturated carbocycles. The monoisotopic (exact) mass is 303 g/mol. The zero-order chi connectivity index (χ0) is 12.0. The van der Waals surface area contributed by atoms with Crippen LogP contribution in [-0.2, 0) is 0 Å². The first-order valence-electron chi connectivity index (χ1n) is 5.31. The number of nitrogens with one attached hydrogen (secondary N) is 1. The van der Waals surface area contributed by atoms with Crippen LogP contribution >= 0.6 is 27.5 Å². The van der Waals surface area contributed by atoms with Crippen molar-refractivity contribution < 1.29 is 4.79 Å². The zero-order valence-electron chi connectivity index (χ0n) is 9.17. The van der Waals surface area contributed by atoms with Gasteiger partial charge in [-0.3, -0.25) is 4.79 Å². The first kappa shape index (κ1) is 13.5. The Morgan fingerprint density at radius 1 is 1.56 bits per heavy atom. The van der Waals surface area contributed by atoms with Gasteiger partial charge in [0.2, 0.25) is 0 Å². The third-order valence-electron chi connectivity index (χ3n) is 2.17. The maximum Gasteiger partial charge on any atom is 0.251 e. The molecule has 1 N–H and O–H groups in total. The number of benzene rings is 1. The van der Waals surface area contributed by atoms with Crippen molar-refractivity contribution in [3.8, 4) is 0 Å². The summed E-state index contributed by atoms with van der Waals surface area (Å²) < 4.78 is 0. The predicted octanol–water partition coefficient (Wildman–Crippen LogP) is 3.63. The van der Waals surface area contributed by atoms with E-state index in [0.717, 1.165) is 12.8 Å². The minimum Gasteiger partial charge on any atom is -0.351 e. The molecule has 16 heavy (non-hydrogen) atoms. The lowest BCUT2D eigenvalue weighted by Gasteiger charge is -2.10. The van der Waals surface area contributed by atoms with Crippen molar-refractivity contribution in [3.63, 3.8) is 0 Å². The lowest BCUT2D eigenvalue weighted by Crippen LogP contribution is -2.29. The second-order valence-corrected chi connectivity index (χ2v) is 5.34. The maximum atomic E-state index is 11.7. The predicted molar refractivity (Wildman–Crippen MR) is 71.4 cm³/mol. The molecule has 0 bridgehead atoms. The van der Waals surface area contributed by atoms with Gasteiger partial charge < -0.3 is 5.32 Å². The molecule has 1 unspecified atom stereocenters. The highest BCUT2D eigenvalue weighted by molar-refractivity contribution is 9.09. The molecule has 0 aliphatic rings. The molecule has 1 rings (SSSR count). The van der Waals surface area contributed by atoms with Gasteiger partial charge >= 0.3 is 0 Å². The molecular formula is C12H15BrClNO. The highest BCUT2D eigenvalue weighted by Crippen LogP contribution is 2.11. The lowest BCUT2D eigenvalue weighted by atomic mass is 10.2. The van der Waals surface area contributed by atoms with E-state index in [1.165, 1.54) is 0 Å². The van der Waals surface area contributed by atoms with E-state index in [2.05, 4.69) is 28.2 Å². The molecule has 0 saturated heterocycles. The number of amides is 1. The van der Waals surface area contributed by atoms with Crippen molar-refractivity contribution in [2.45, 2.75) is 24.6 Å². The van der Waals surface area contributed by atoms with Crippen LogP contribution in [0, 0.1) is 0 Å². The number of carbonyl (C=O) groups is 1. The Hall–Kier alpha value is -0.540. The average Bonchev–Trinajstić information content (AvgIpc) is 2.26. The normalized spacial score (nSPS) is 12.2. The van der Waals surface area contributed by atoms with E-state index < -0.39 is 0 Å². The Morgan fingerprint density at radius 3 is 2.94 bits per heavy atom. The maximum absolute atomic E-state index is 11.7. The number of alkyl halides is 1. The molecular weight excluding hydrogens is 289 g/mol. The Morgan fingerprint density at radius 2 is 2.31 bits per heavy atom. The smallest absolute Gasteiger partial charge is 0.251 e. The van der Waals surface area contributed by atoms with Gasteiger partial charge in [0.15, 0.2) is 0 Å². The molecule has 0 heterocycles. The third kappa shape index (κ3) is 4.54. The topological polar surface area (TPSA) is 29.1 Å². The Kier molecular flexibility index (Phi) is 5.85. The number of hydrogen-bond acceptors (Lipinski definition) is 1. The highest BCUT2D eigenvalue weighted by atomic mass is 79.9. The minimum absolute atomic E-state index is 0.0805. The zero-order valence-corrected chi connectivity index (χ0v) is 11.5. The summed E-state index contributed by atoms with van der Waals surface area (Å²) >= 11 is 9.32. The number of hydrogen-bond donors (Lipinski definition) is 1. The second kappa shape index (κ2) is 6.92. The number of carbonyl (C=O) groups excluding carboxylic acids is 1. The number of halogens is 2. The molecule has 0 radical (unpaired) electrons. The van der Waals surface area contributed by atoms with Crippen LogP contribution in [0.3, 0.4) is 0 Å². The van der Waals surface area contributed by atoms with Crippen molar-refractivity contribution >= 4 is 33.4 Å². The first-order valence-corrected chi connectivity index (χ1v) is 6.60. The number of rotatable bonds is 5. The van der Waals surface area contributed by atoms with Crippen LogP contribution in [0.4, 0.5) is 0 Å². The van der Waals surface area contributed by atoms with Crippen LogP contribution in [0.5, 0.6) is 0 Å². The van der Waals surface area contributed by atoms with E-state index in [1.54, 1.807) is 24.3 Å². The van der Waals surface area contributed by atoms with Crippen LogP contribution in [0.1, 0.15) is 30.1 Å². The van der Waals surface area contributed by atoms with Crippen LogP contribution in [0.15, 0.2) is 24.3 Å². The molecule has 0 aliphatic heterocycles. The van der Waals surface area contributed by atoms with Crippen LogP contribution in [0.25, 0.3) is 0 Å². The average molecular weight is 305 g/mol. The molecule has 2 nitrogen and oxygen atoms in total. The molecule has 0 aliphatic carbocycles. The third-order valence-corrected chi connectivity index (χ3v) is 3.19. The quantitative estimate of drug-likeness (QED) is 0.827. The summed E-state index contributed by atoms with van der Waals surface area (Å²) in [4.78, 5) is 12.0. The van der Waals surface area contributed by atoms with Gasteiger partial charge in [-0.2, -0.15) is 0 Å². The van der Waals surface area contributed by atoms with Gasteiger partial charge in [0.25, 0.3) is 5.91 Å². The largest absolute Gasteiger partial charge is 0.351 e. The van der Waals surface area contributed by atoms with Crippen LogP contribution < -0.4 is 5.32 Å². The molecule has 88 valence electrons. The van der Waals surface area contributed by atoms with Crippen molar-refractivity contribution in [2.75, 3.05) is 6.54 Å². The summed E-state index contributed by atoms with van der Waals surface area (Å²) in [5.41, 5.74) is 0.601. The van der Waals surface area contributed by atoms with Gasteiger partial charge in [0, 0.05) is 22.0 Å². The van der Waals surface area contributed by atoms with Crippen molar-refractivity contribution in [1.82, 2.24) is 5.32 Å². The Bertz CT molecular complexity index is 357. The summed E-state index contributed by atoms with van der Waals surface area (Å²) in [5, 5.41) is 3.45. The molecule has 0 fully saturated rings. The second-order valence-electron chi connectivity index (χ2n) is 3.61. The molecule has 1 amide bonds. The highest BCUT2D eigenvalue weighted by Gasteiger charge is 2.08. The summed E-state index contributed by atoms with van der Waals surface area (Å²) in [6.07, 6.45) is 2.15. The SMILES string of the molecule is CCCC(Br)CNC(=O)c1cccc(Cl)c1. The molecule has 4 heteroatoms. The lowest BCUT2D eigenvalue weighted by molar-refractivity contribution is 0.0953. The van der Waals surface area contributed by atoms with Gasteiger partial charge in [-0.25, -0.2) is 0 Å². The molecule has 1 aromatic rings. The molecule has 1 aromatic carbocycles. The van der Waals surface area contributed by atoms with E-state index in [1.807, 2.05) is 0 Å². The molecule has 1 atom stereocenters. The van der Waals surface area contributed by atoms with Gasteiger partial charge in [-0.1, -0.05) is 46.9 Å². The van der Waals surface area contributed by atoms with Crippen molar-refractivity contribution in [2.24, 2.45) is 0 Å². The van der Waals surface area contributed by atoms with E-state index in [0.29, 0.717) is 22.0 Å². The van der Waals surface area contributed by atoms with E-state index in [9.17, 15) is 4.79 Å². The van der Waals surface area contributed by atoms with E-state index in [4.69, 9.17) is 11.6 Å². The molecule has 0 spiro atoms. The van der Waals surface area contributed by atoms with Crippen LogP contribution in [0.2, 0.25) is 5.02 Å². The standard InChI is InChI=1S/C12H15BrClNO/c1-2-4-10(13)8-15-12(16)9-5-3-6-11(14)7-9/h3,5-7,10H,2,4,8H2,1H3,(H,15,16). The fraction of sp³-hybridized carbons (Fsp3) is 0.417. The summed E-state index contributed by atoms with van der Waals surface area (Å²) in [6, 6.07) is 6.95. The van der Waals surface area contributed by atoms with Crippen LogP contribution in [-0.4, -0.2) is 17.3 Å². The summed E-state index contributed by atoms with van der Waals surface area (Å²) in [5.74, 6) is -0.0805. The van der Waals surface area contributed by atoms with E-state index in [-0.39, 0.29) is 5.91 Å². The van der Waals surface area contributed by atoms with E-state index >= 15 is 0 Å². The summed E-state index contributed by atoms with van der Waals surface area (Å²) in [7, 11) is 0. The van der Waals surface area contributed by atoms with Crippen molar-refractivity contribution in [1.29, 1.82) is 0 Å². The summed E-state index contributed by atoms with van der Waals surface area (Å²) in [6.45, 7) is 2.76. The van der Waals surface area contributed by atoms with Gasteiger partial charge in [0.1, 0.15) is 0 Å². The fourth-order valence-corrected chi connectivity index (χ4v) is 2.16. The Labute approximate surface area is 110 Å². The Balaban J connectivity index is 2.47. The first-order chi connectivity index (χ1) is 7.63. The van der Waals surface area contributed by atoms with Gasteiger partial charge in [-0.05, 0) is 24.6 Å².